The van der Waals surface area contributed by atoms with Crippen molar-refractivity contribution >= 4 is 11.9 Å². The quantitative estimate of drug-likeness (QED) is 0.847. The number of likely N-dealkylation sites (tertiary alicyclic amines) is 1. The van der Waals surface area contributed by atoms with Crippen LogP contribution >= 0.6 is 0 Å². The molecular formula is C21H19NO4. The lowest BCUT2D eigenvalue weighted by molar-refractivity contribution is -0.134. The number of esters is 1. The number of hydrogen-bond acceptors (Lipinski definition) is 4. The number of nitrogens with zero attached hydrogens (tertiary/aromatic N) is 1. The first-order valence-electron chi connectivity index (χ1n) is 8.96. The SMILES string of the molecule is O=C1O[C@]2(CCN(C(=O)C3(c4ccc(O)cc4)CC3)C2)c2ccccc21. The number of rotatable bonds is 2. The maximum atomic E-state index is 13.3. The summed E-state index contributed by atoms with van der Waals surface area (Å²) in [4.78, 5) is 27.3. The number of hydrogen-bond donors (Lipinski definition) is 1. The number of fused-ring (bicyclic) bond motifs is 2. The van der Waals surface area contributed by atoms with Gasteiger partial charge in [0.2, 0.25) is 5.91 Å². The molecule has 5 rings (SSSR count). The van der Waals surface area contributed by atoms with Crippen LogP contribution in [-0.2, 0) is 20.5 Å². The van der Waals surface area contributed by atoms with Gasteiger partial charge in [0.15, 0.2) is 5.60 Å². The number of carbonyl (C=O) groups excluding carboxylic acids is 2. The summed E-state index contributed by atoms with van der Waals surface area (Å²) in [6, 6.07) is 14.4. The molecule has 5 heteroatoms. The van der Waals surface area contributed by atoms with Crippen molar-refractivity contribution in [2.24, 2.45) is 0 Å². The van der Waals surface area contributed by atoms with Gasteiger partial charge in [-0.1, -0.05) is 30.3 Å². The van der Waals surface area contributed by atoms with Gasteiger partial charge in [0, 0.05) is 18.5 Å². The zero-order valence-corrected chi connectivity index (χ0v) is 14.3. The van der Waals surface area contributed by atoms with Crippen molar-refractivity contribution in [3.05, 3.63) is 65.2 Å². The minimum atomic E-state index is -0.700. The van der Waals surface area contributed by atoms with E-state index in [1.54, 1.807) is 18.2 Å². The highest BCUT2D eigenvalue weighted by Gasteiger charge is 2.57. The van der Waals surface area contributed by atoms with Crippen LogP contribution in [-0.4, -0.2) is 35.0 Å². The van der Waals surface area contributed by atoms with Gasteiger partial charge in [0.1, 0.15) is 5.75 Å². The molecule has 2 aromatic rings. The number of aromatic hydroxyl groups is 1. The predicted octanol–water partition coefficient (Wildman–Crippen LogP) is 2.72. The molecule has 2 fully saturated rings. The largest absolute Gasteiger partial charge is 0.508 e. The van der Waals surface area contributed by atoms with E-state index in [1.165, 1.54) is 0 Å². The molecule has 26 heavy (non-hydrogen) atoms. The Hall–Kier alpha value is -2.82. The van der Waals surface area contributed by atoms with E-state index in [-0.39, 0.29) is 17.6 Å². The van der Waals surface area contributed by atoms with Crippen LogP contribution < -0.4 is 0 Å². The van der Waals surface area contributed by atoms with Gasteiger partial charge in [0.05, 0.1) is 17.5 Å². The Morgan fingerprint density at radius 1 is 1.04 bits per heavy atom. The van der Waals surface area contributed by atoms with Crippen LogP contribution in [0.25, 0.3) is 0 Å². The average Bonchev–Trinajstić information content (AvgIpc) is 3.28. The molecule has 3 aliphatic rings. The summed E-state index contributed by atoms with van der Waals surface area (Å²) in [5, 5.41) is 9.51. The van der Waals surface area contributed by atoms with Crippen molar-refractivity contribution in [3.8, 4) is 5.75 Å². The minimum Gasteiger partial charge on any atom is -0.508 e. The highest BCUT2D eigenvalue weighted by Crippen LogP contribution is 2.52. The van der Waals surface area contributed by atoms with E-state index in [2.05, 4.69) is 0 Å². The van der Waals surface area contributed by atoms with Gasteiger partial charge in [-0.05, 0) is 36.6 Å². The lowest BCUT2D eigenvalue weighted by Gasteiger charge is -2.27. The Morgan fingerprint density at radius 2 is 1.77 bits per heavy atom. The molecule has 1 spiro atoms. The number of phenolic OH excluding ortho intramolecular Hbond substituents is 1. The molecule has 1 atom stereocenters. The highest BCUT2D eigenvalue weighted by molar-refractivity contribution is 5.96. The predicted molar refractivity (Wildman–Crippen MR) is 93.8 cm³/mol. The van der Waals surface area contributed by atoms with Crippen LogP contribution in [0, 0.1) is 0 Å². The van der Waals surface area contributed by atoms with E-state index in [0.29, 0.717) is 25.1 Å². The molecule has 2 heterocycles. The van der Waals surface area contributed by atoms with Crippen molar-refractivity contribution in [2.75, 3.05) is 13.1 Å². The summed E-state index contributed by atoms with van der Waals surface area (Å²) in [5.41, 5.74) is 1.27. The lowest BCUT2D eigenvalue weighted by atomic mass is 9.91. The van der Waals surface area contributed by atoms with Crippen LogP contribution in [0.4, 0.5) is 0 Å². The molecule has 5 nitrogen and oxygen atoms in total. The molecule has 2 aliphatic heterocycles. The first-order chi connectivity index (χ1) is 12.5. The Kier molecular flexibility index (Phi) is 3.03. The second kappa shape index (κ2) is 5.10. The van der Waals surface area contributed by atoms with Crippen LogP contribution in [0.2, 0.25) is 0 Å². The second-order valence-electron chi connectivity index (χ2n) is 7.54. The molecule has 132 valence electrons. The second-order valence-corrected chi connectivity index (χ2v) is 7.54. The summed E-state index contributed by atoms with van der Waals surface area (Å²) in [5.74, 6) is 0.00154. The molecule has 0 radical (unpaired) electrons. The van der Waals surface area contributed by atoms with Crippen LogP contribution in [0.5, 0.6) is 5.75 Å². The molecule has 1 amide bonds. The first-order valence-corrected chi connectivity index (χ1v) is 8.96. The molecule has 1 aliphatic carbocycles. The summed E-state index contributed by atoms with van der Waals surface area (Å²) >= 11 is 0. The van der Waals surface area contributed by atoms with E-state index in [4.69, 9.17) is 4.74 Å². The van der Waals surface area contributed by atoms with Gasteiger partial charge in [-0.2, -0.15) is 0 Å². The molecule has 1 saturated heterocycles. The highest BCUT2D eigenvalue weighted by atomic mass is 16.6. The summed E-state index contributed by atoms with van der Waals surface area (Å²) < 4.78 is 5.75. The van der Waals surface area contributed by atoms with Crippen LogP contribution in [0.1, 0.15) is 40.7 Å². The van der Waals surface area contributed by atoms with E-state index in [1.807, 2.05) is 35.2 Å². The Labute approximate surface area is 151 Å². The number of phenols is 1. The van der Waals surface area contributed by atoms with E-state index < -0.39 is 11.0 Å². The topological polar surface area (TPSA) is 66.8 Å². The van der Waals surface area contributed by atoms with Crippen molar-refractivity contribution in [1.29, 1.82) is 0 Å². The molecule has 0 aromatic heterocycles. The van der Waals surface area contributed by atoms with Gasteiger partial charge < -0.3 is 14.7 Å². The monoisotopic (exact) mass is 349 g/mol. The number of carbonyl (C=O) groups is 2. The molecule has 0 unspecified atom stereocenters. The zero-order valence-electron chi connectivity index (χ0n) is 14.3. The molecular weight excluding hydrogens is 330 g/mol. The van der Waals surface area contributed by atoms with Crippen molar-refractivity contribution in [2.45, 2.75) is 30.3 Å². The number of amides is 1. The van der Waals surface area contributed by atoms with Gasteiger partial charge in [-0.25, -0.2) is 4.79 Å². The number of ether oxygens (including phenoxy) is 1. The molecule has 1 saturated carbocycles. The number of benzene rings is 2. The summed E-state index contributed by atoms with van der Waals surface area (Å²) in [6.45, 7) is 0.995. The molecule has 0 bridgehead atoms. The molecule has 1 N–H and O–H groups in total. The average molecular weight is 349 g/mol. The standard InChI is InChI=1S/C21H19NO4/c23-15-7-5-14(6-8-15)20(9-10-20)19(25)22-12-11-21(13-22)17-4-2-1-3-16(17)18(24)26-21/h1-8,23H,9-13H2/t21-/m0/s1. The Bertz CT molecular complexity index is 916. The maximum Gasteiger partial charge on any atom is 0.339 e. The van der Waals surface area contributed by atoms with Gasteiger partial charge in [-0.15, -0.1) is 0 Å². The van der Waals surface area contributed by atoms with E-state index in [9.17, 15) is 14.7 Å². The fourth-order valence-electron chi connectivity index (χ4n) is 4.44. The van der Waals surface area contributed by atoms with Gasteiger partial charge >= 0.3 is 5.97 Å². The van der Waals surface area contributed by atoms with Crippen LogP contribution in [0.15, 0.2) is 48.5 Å². The zero-order chi connectivity index (χ0) is 17.9. The maximum absolute atomic E-state index is 13.3. The Balaban J connectivity index is 1.43. The summed E-state index contributed by atoms with van der Waals surface area (Å²) in [7, 11) is 0. The Morgan fingerprint density at radius 3 is 2.50 bits per heavy atom. The smallest absolute Gasteiger partial charge is 0.339 e. The third-order valence-corrected chi connectivity index (χ3v) is 6.02. The summed E-state index contributed by atoms with van der Waals surface area (Å²) in [6.07, 6.45) is 2.26. The van der Waals surface area contributed by atoms with E-state index >= 15 is 0 Å². The van der Waals surface area contributed by atoms with Crippen LogP contribution in [0.3, 0.4) is 0 Å². The minimum absolute atomic E-state index is 0.0977. The van der Waals surface area contributed by atoms with E-state index in [0.717, 1.165) is 24.0 Å². The third kappa shape index (κ3) is 2.03. The lowest BCUT2D eigenvalue weighted by Crippen LogP contribution is -2.40. The molecule has 2 aromatic carbocycles. The first kappa shape index (κ1) is 15.4. The van der Waals surface area contributed by atoms with Crippen molar-refractivity contribution < 1.29 is 19.4 Å². The fraction of sp³-hybridized carbons (Fsp3) is 0.333. The van der Waals surface area contributed by atoms with Gasteiger partial charge in [0.25, 0.3) is 0 Å². The fourth-order valence-corrected chi connectivity index (χ4v) is 4.44. The third-order valence-electron chi connectivity index (χ3n) is 6.02. The normalized spacial score (nSPS) is 25.2. The van der Waals surface area contributed by atoms with Gasteiger partial charge in [-0.3, -0.25) is 4.79 Å². The van der Waals surface area contributed by atoms with Crippen molar-refractivity contribution in [3.63, 3.8) is 0 Å². The van der Waals surface area contributed by atoms with Crippen molar-refractivity contribution in [1.82, 2.24) is 4.90 Å².